The van der Waals surface area contributed by atoms with Crippen LogP contribution in [0, 0.1) is 13.8 Å². The van der Waals surface area contributed by atoms with Crippen LogP contribution in [0.1, 0.15) is 17.1 Å². The second-order valence-corrected chi connectivity index (χ2v) is 8.16. The average molecular weight is 365 g/mol. The van der Waals surface area contributed by atoms with Crippen molar-refractivity contribution in [2.75, 3.05) is 26.2 Å². The lowest BCUT2D eigenvalue weighted by molar-refractivity contribution is -0.131. The van der Waals surface area contributed by atoms with Crippen LogP contribution in [0.5, 0.6) is 0 Å². The molecule has 1 aliphatic heterocycles. The fourth-order valence-corrected chi connectivity index (χ4v) is 5.01. The minimum atomic E-state index is -3.60. The predicted octanol–water partition coefficient (Wildman–Crippen LogP) is 0.441. The number of nitrogens with zero attached hydrogens (tertiary/aromatic N) is 4. The van der Waals surface area contributed by atoms with Crippen molar-refractivity contribution in [1.82, 2.24) is 24.0 Å². The molecule has 0 aliphatic carbocycles. The molecule has 1 aliphatic rings. The molecule has 136 valence electrons. The zero-order chi connectivity index (χ0) is 18.2. The number of aromatic amines is 1. The van der Waals surface area contributed by atoms with E-state index in [9.17, 15) is 13.2 Å². The van der Waals surface area contributed by atoms with Crippen LogP contribution in [-0.4, -0.2) is 64.5 Å². The number of carbonyl (C=O) groups excluding carboxylic acids is 1. The summed E-state index contributed by atoms with van der Waals surface area (Å²) in [7, 11) is -1.86. The number of carbonyl (C=O) groups is 1. The number of aromatic nitrogens is 3. The maximum Gasteiger partial charge on any atom is 0.246 e. The summed E-state index contributed by atoms with van der Waals surface area (Å²) in [5.41, 5.74) is 2.00. The normalized spacial score (nSPS) is 16.4. The first-order valence-corrected chi connectivity index (χ1v) is 9.65. The molecule has 8 nitrogen and oxygen atoms in total. The van der Waals surface area contributed by atoms with E-state index in [-0.39, 0.29) is 10.8 Å². The topological polar surface area (TPSA) is 91.3 Å². The van der Waals surface area contributed by atoms with Crippen molar-refractivity contribution in [2.24, 2.45) is 7.05 Å². The third kappa shape index (κ3) is 3.34. The number of hydrogen-bond acceptors (Lipinski definition) is 4. The van der Waals surface area contributed by atoms with E-state index in [0.717, 1.165) is 5.69 Å². The van der Waals surface area contributed by atoms with Gasteiger partial charge in [0.25, 0.3) is 0 Å². The molecule has 3 rings (SSSR count). The van der Waals surface area contributed by atoms with Crippen molar-refractivity contribution in [2.45, 2.75) is 25.2 Å². The number of nitrogens with one attached hydrogen (secondary N) is 1. The first kappa shape index (κ1) is 17.7. The molecule has 0 unspecified atom stereocenters. The summed E-state index contributed by atoms with van der Waals surface area (Å²) in [6, 6.07) is 3.72. The van der Waals surface area contributed by atoms with E-state index in [1.165, 1.54) is 4.31 Å². The highest BCUT2D eigenvalue weighted by atomic mass is 32.2. The fraction of sp³-hybridized carbons (Fsp3) is 0.500. The number of H-pyrrole nitrogens is 1. The van der Waals surface area contributed by atoms with Gasteiger partial charge in [-0.1, -0.05) is 0 Å². The highest BCUT2D eigenvalue weighted by Gasteiger charge is 2.33. The lowest BCUT2D eigenvalue weighted by Crippen LogP contribution is -2.51. The van der Waals surface area contributed by atoms with Crippen molar-refractivity contribution in [1.29, 1.82) is 0 Å². The van der Waals surface area contributed by atoms with Gasteiger partial charge in [0.05, 0.1) is 17.8 Å². The van der Waals surface area contributed by atoms with E-state index in [4.69, 9.17) is 0 Å². The van der Waals surface area contributed by atoms with Crippen LogP contribution in [-0.2, 0) is 28.3 Å². The lowest BCUT2D eigenvalue weighted by atomic mass is 10.2. The maximum atomic E-state index is 12.9. The number of rotatable bonds is 4. The maximum absolute atomic E-state index is 12.9. The molecule has 9 heteroatoms. The average Bonchev–Trinajstić information content (AvgIpc) is 3.16. The van der Waals surface area contributed by atoms with E-state index in [2.05, 4.69) is 10.1 Å². The molecule has 2 aromatic rings. The molecule has 1 N–H and O–H groups in total. The Labute approximate surface area is 147 Å². The molecule has 1 fully saturated rings. The molecule has 1 amide bonds. The molecule has 3 heterocycles. The van der Waals surface area contributed by atoms with Crippen LogP contribution in [0.3, 0.4) is 0 Å². The molecule has 0 radical (unpaired) electrons. The van der Waals surface area contributed by atoms with E-state index in [0.29, 0.717) is 44.0 Å². The molecule has 0 aromatic carbocycles. The van der Waals surface area contributed by atoms with E-state index < -0.39 is 10.0 Å². The third-order valence-electron chi connectivity index (χ3n) is 4.64. The van der Waals surface area contributed by atoms with Gasteiger partial charge in [-0.3, -0.25) is 9.48 Å². The lowest BCUT2D eigenvalue weighted by Gasteiger charge is -2.34. The first-order valence-electron chi connectivity index (χ1n) is 8.21. The number of aryl methyl sites for hydroxylation is 2. The Morgan fingerprint density at radius 2 is 1.92 bits per heavy atom. The summed E-state index contributed by atoms with van der Waals surface area (Å²) >= 11 is 0. The van der Waals surface area contributed by atoms with E-state index in [1.807, 2.05) is 12.1 Å². The van der Waals surface area contributed by atoms with Crippen molar-refractivity contribution in [3.63, 3.8) is 0 Å². The first-order chi connectivity index (χ1) is 11.8. The number of amides is 1. The van der Waals surface area contributed by atoms with Crippen molar-refractivity contribution in [3.05, 3.63) is 35.4 Å². The molecular formula is C16H23N5O3S. The fourth-order valence-electron chi connectivity index (χ4n) is 3.19. The summed E-state index contributed by atoms with van der Waals surface area (Å²) in [5, 5.41) is 4.20. The second kappa shape index (κ2) is 6.64. The van der Waals surface area contributed by atoms with Crippen LogP contribution >= 0.6 is 0 Å². The van der Waals surface area contributed by atoms with Gasteiger partial charge < -0.3 is 9.88 Å². The van der Waals surface area contributed by atoms with Gasteiger partial charge in [0.1, 0.15) is 4.90 Å². The minimum Gasteiger partial charge on any atom is -0.365 e. The van der Waals surface area contributed by atoms with Crippen LogP contribution in [0.25, 0.3) is 0 Å². The smallest absolute Gasteiger partial charge is 0.246 e. The molecular weight excluding hydrogens is 342 g/mol. The molecule has 2 aromatic heterocycles. The molecule has 0 atom stereocenters. The molecule has 25 heavy (non-hydrogen) atoms. The van der Waals surface area contributed by atoms with E-state index >= 15 is 0 Å². The van der Waals surface area contributed by atoms with Gasteiger partial charge in [-0.2, -0.15) is 9.40 Å². The zero-order valence-corrected chi connectivity index (χ0v) is 15.5. The van der Waals surface area contributed by atoms with Gasteiger partial charge in [0.15, 0.2) is 0 Å². The quantitative estimate of drug-likeness (QED) is 0.851. The van der Waals surface area contributed by atoms with Crippen molar-refractivity contribution < 1.29 is 13.2 Å². The Balaban J connectivity index is 1.68. The van der Waals surface area contributed by atoms with Crippen molar-refractivity contribution >= 4 is 15.9 Å². The van der Waals surface area contributed by atoms with Crippen LogP contribution in [0.15, 0.2) is 23.2 Å². The monoisotopic (exact) mass is 365 g/mol. The summed E-state index contributed by atoms with van der Waals surface area (Å²) in [5.74, 6) is 0.00763. The van der Waals surface area contributed by atoms with Gasteiger partial charge in [-0.15, -0.1) is 0 Å². The summed E-state index contributed by atoms with van der Waals surface area (Å²) in [6.07, 6.45) is 2.09. The molecule has 1 saturated heterocycles. The molecule has 0 saturated carbocycles. The Bertz CT molecular complexity index is 862. The molecule has 0 spiro atoms. The van der Waals surface area contributed by atoms with Crippen LogP contribution in [0.2, 0.25) is 0 Å². The standard InChI is InChI=1S/C16H23N5O3S/c1-12-16(13(2)19(3)18-12)25(23,24)21-9-7-20(8-10-21)15(22)11-14-5-4-6-17-14/h4-6,17H,7-11H2,1-3H3. The SMILES string of the molecule is Cc1nn(C)c(C)c1S(=O)(=O)N1CCN(C(=O)Cc2ccc[nH]2)CC1. The van der Waals surface area contributed by atoms with Gasteiger partial charge in [-0.05, 0) is 26.0 Å². The van der Waals surface area contributed by atoms with Gasteiger partial charge >= 0.3 is 0 Å². The highest BCUT2D eigenvalue weighted by molar-refractivity contribution is 7.89. The Morgan fingerprint density at radius 1 is 1.24 bits per heavy atom. The van der Waals surface area contributed by atoms with Crippen LogP contribution in [0.4, 0.5) is 0 Å². The Morgan fingerprint density at radius 3 is 2.44 bits per heavy atom. The van der Waals surface area contributed by atoms with Gasteiger partial charge in [0, 0.05) is 45.1 Å². The zero-order valence-electron chi connectivity index (χ0n) is 14.7. The Kier molecular flexibility index (Phi) is 4.70. The Hall–Kier alpha value is -2.13. The van der Waals surface area contributed by atoms with Crippen molar-refractivity contribution in [3.8, 4) is 0 Å². The summed E-state index contributed by atoms with van der Waals surface area (Å²) < 4.78 is 28.9. The predicted molar refractivity (Wildman–Crippen MR) is 92.5 cm³/mol. The van der Waals surface area contributed by atoms with Crippen LogP contribution < -0.4 is 0 Å². The molecule has 0 bridgehead atoms. The third-order valence-corrected chi connectivity index (χ3v) is 6.79. The van der Waals surface area contributed by atoms with Gasteiger partial charge in [-0.25, -0.2) is 8.42 Å². The largest absolute Gasteiger partial charge is 0.365 e. The van der Waals surface area contributed by atoms with Gasteiger partial charge in [0.2, 0.25) is 15.9 Å². The highest BCUT2D eigenvalue weighted by Crippen LogP contribution is 2.24. The van der Waals surface area contributed by atoms with E-state index in [1.54, 1.807) is 36.7 Å². The summed E-state index contributed by atoms with van der Waals surface area (Å²) in [4.78, 5) is 17.3. The number of hydrogen-bond donors (Lipinski definition) is 1. The second-order valence-electron chi connectivity index (χ2n) is 6.28. The number of piperazine rings is 1. The minimum absolute atomic E-state index is 0.00763. The number of sulfonamides is 1. The summed E-state index contributed by atoms with van der Waals surface area (Å²) in [6.45, 7) is 4.85.